The van der Waals surface area contributed by atoms with Crippen LogP contribution >= 0.6 is 0 Å². The number of rotatable bonds is 4. The first-order chi connectivity index (χ1) is 8.74. The summed E-state index contributed by atoms with van der Waals surface area (Å²) >= 11 is 0. The summed E-state index contributed by atoms with van der Waals surface area (Å²) in [5, 5.41) is 9.12. The van der Waals surface area contributed by atoms with Gasteiger partial charge in [0, 0.05) is 13.0 Å². The Labute approximate surface area is 106 Å². The van der Waals surface area contributed by atoms with E-state index in [1.54, 1.807) is 12.1 Å². The number of benzene rings is 1. The molecule has 1 aromatic rings. The number of carboxylic acid groups (broad SMARTS) is 1. The molecule has 0 fully saturated rings. The second-order valence-corrected chi connectivity index (χ2v) is 4.10. The Hall–Kier alpha value is -2.15. The summed E-state index contributed by atoms with van der Waals surface area (Å²) in [6, 6.07) is 5.19. The monoisotopic (exact) mass is 245 g/mol. The van der Waals surface area contributed by atoms with E-state index >= 15 is 0 Å². The number of carbonyl (C=O) groups is 1. The van der Waals surface area contributed by atoms with Gasteiger partial charge in [-0.05, 0) is 18.6 Å². The van der Waals surface area contributed by atoms with Crippen molar-refractivity contribution in [2.45, 2.75) is 12.8 Å². The van der Waals surface area contributed by atoms with Gasteiger partial charge < -0.3 is 14.7 Å². The van der Waals surface area contributed by atoms with E-state index in [0.29, 0.717) is 12.4 Å². The van der Waals surface area contributed by atoms with E-state index in [1.807, 2.05) is 6.07 Å². The molecule has 2 rings (SSSR count). The molecule has 1 aliphatic rings. The highest BCUT2D eigenvalue weighted by atomic mass is 16.5. The molecule has 0 saturated heterocycles. The topological polar surface area (TPSA) is 49.8 Å². The standard InChI is InChI=1S/C14H15NO3/c1-2-3-4-8-15-9-10-18-13-11(14(16)17)6-5-7-12(13)15/h1,5-7H,3-4,8-10H2,(H,16,17). The molecule has 0 spiro atoms. The summed E-state index contributed by atoms with van der Waals surface area (Å²) in [4.78, 5) is 13.2. The molecule has 0 radical (unpaired) electrons. The SMILES string of the molecule is C#CCCCN1CCOc2c(C(=O)O)cccc21. The second kappa shape index (κ2) is 5.46. The van der Waals surface area contributed by atoms with Gasteiger partial charge in [-0.25, -0.2) is 4.79 Å². The van der Waals surface area contributed by atoms with Gasteiger partial charge in [0.1, 0.15) is 12.2 Å². The van der Waals surface area contributed by atoms with E-state index in [0.717, 1.165) is 31.6 Å². The molecule has 1 aliphatic heterocycles. The molecule has 1 heterocycles. The maximum atomic E-state index is 11.1. The van der Waals surface area contributed by atoms with Crippen molar-refractivity contribution in [3.8, 4) is 18.1 Å². The lowest BCUT2D eigenvalue weighted by Gasteiger charge is -2.31. The van der Waals surface area contributed by atoms with Crippen molar-refractivity contribution in [2.75, 3.05) is 24.6 Å². The third kappa shape index (κ3) is 2.40. The van der Waals surface area contributed by atoms with Crippen LogP contribution in [0.15, 0.2) is 18.2 Å². The number of hydrogen-bond acceptors (Lipinski definition) is 3. The Morgan fingerprint density at radius 1 is 1.56 bits per heavy atom. The van der Waals surface area contributed by atoms with Crippen molar-refractivity contribution in [3.63, 3.8) is 0 Å². The summed E-state index contributed by atoms with van der Waals surface area (Å²) in [5.74, 6) is 2.12. The Morgan fingerprint density at radius 2 is 2.39 bits per heavy atom. The van der Waals surface area contributed by atoms with Gasteiger partial charge in [0.05, 0.1) is 12.2 Å². The average Bonchev–Trinajstić information content (AvgIpc) is 2.38. The van der Waals surface area contributed by atoms with Crippen LogP contribution in [0.5, 0.6) is 5.75 Å². The number of carboxylic acids is 1. The number of hydrogen-bond donors (Lipinski definition) is 1. The van der Waals surface area contributed by atoms with Crippen LogP contribution in [0.25, 0.3) is 0 Å². The van der Waals surface area contributed by atoms with Crippen LogP contribution < -0.4 is 9.64 Å². The zero-order chi connectivity index (χ0) is 13.0. The first kappa shape index (κ1) is 12.3. The van der Waals surface area contributed by atoms with Gasteiger partial charge in [-0.2, -0.15) is 0 Å². The number of unbranched alkanes of at least 4 members (excludes halogenated alkanes) is 1. The highest BCUT2D eigenvalue weighted by molar-refractivity contribution is 5.93. The number of terminal acetylenes is 1. The van der Waals surface area contributed by atoms with E-state index < -0.39 is 5.97 Å². The molecule has 0 unspecified atom stereocenters. The first-order valence-corrected chi connectivity index (χ1v) is 5.91. The molecule has 0 aliphatic carbocycles. The quantitative estimate of drug-likeness (QED) is 0.651. The molecule has 0 bridgehead atoms. The van der Waals surface area contributed by atoms with Crippen molar-refractivity contribution in [1.82, 2.24) is 0 Å². The molecule has 94 valence electrons. The Morgan fingerprint density at radius 3 is 3.11 bits per heavy atom. The summed E-state index contributed by atoms with van der Waals surface area (Å²) < 4.78 is 5.49. The lowest BCUT2D eigenvalue weighted by molar-refractivity contribution is 0.0692. The van der Waals surface area contributed by atoms with Crippen LogP contribution in [0.4, 0.5) is 5.69 Å². The van der Waals surface area contributed by atoms with Crippen LogP contribution in [-0.4, -0.2) is 30.8 Å². The normalized spacial score (nSPS) is 13.4. The van der Waals surface area contributed by atoms with E-state index in [1.165, 1.54) is 0 Å². The summed E-state index contributed by atoms with van der Waals surface area (Å²) in [6.07, 6.45) is 6.86. The predicted octanol–water partition coefficient (Wildman–Crippen LogP) is 2.00. The van der Waals surface area contributed by atoms with Gasteiger partial charge in [0.15, 0.2) is 5.75 Å². The van der Waals surface area contributed by atoms with E-state index in [4.69, 9.17) is 16.3 Å². The summed E-state index contributed by atoms with van der Waals surface area (Å²) in [6.45, 7) is 2.09. The maximum absolute atomic E-state index is 11.1. The average molecular weight is 245 g/mol. The summed E-state index contributed by atoms with van der Waals surface area (Å²) in [7, 11) is 0. The third-order valence-electron chi connectivity index (χ3n) is 2.92. The molecule has 0 amide bonds. The maximum Gasteiger partial charge on any atom is 0.339 e. The van der Waals surface area contributed by atoms with Crippen LogP contribution in [0.1, 0.15) is 23.2 Å². The smallest absolute Gasteiger partial charge is 0.339 e. The third-order valence-corrected chi connectivity index (χ3v) is 2.92. The second-order valence-electron chi connectivity index (χ2n) is 4.10. The van der Waals surface area contributed by atoms with E-state index in [-0.39, 0.29) is 5.56 Å². The van der Waals surface area contributed by atoms with Crippen molar-refractivity contribution in [1.29, 1.82) is 0 Å². The molecule has 0 aromatic heterocycles. The van der Waals surface area contributed by atoms with Crippen molar-refractivity contribution in [3.05, 3.63) is 23.8 Å². The van der Waals surface area contributed by atoms with Crippen LogP contribution in [0, 0.1) is 12.3 Å². The number of nitrogens with zero attached hydrogens (tertiary/aromatic N) is 1. The molecule has 18 heavy (non-hydrogen) atoms. The minimum Gasteiger partial charge on any atom is -0.489 e. The van der Waals surface area contributed by atoms with Crippen LogP contribution in [-0.2, 0) is 0 Å². The Kier molecular flexibility index (Phi) is 3.73. The fraction of sp³-hybridized carbons (Fsp3) is 0.357. The highest BCUT2D eigenvalue weighted by Crippen LogP contribution is 2.34. The number of anilines is 1. The Bertz CT molecular complexity index is 490. The van der Waals surface area contributed by atoms with Gasteiger partial charge in [-0.1, -0.05) is 6.07 Å². The lowest BCUT2D eigenvalue weighted by Crippen LogP contribution is -2.34. The Balaban J connectivity index is 2.24. The molecule has 0 atom stereocenters. The zero-order valence-electron chi connectivity index (χ0n) is 10.1. The molecule has 1 N–H and O–H groups in total. The van der Waals surface area contributed by atoms with Gasteiger partial charge in [-0.3, -0.25) is 0 Å². The molecule has 4 nitrogen and oxygen atoms in total. The minimum absolute atomic E-state index is 0.217. The lowest BCUT2D eigenvalue weighted by atomic mass is 10.1. The number of fused-ring (bicyclic) bond motifs is 1. The van der Waals surface area contributed by atoms with E-state index in [2.05, 4.69) is 10.8 Å². The fourth-order valence-corrected chi connectivity index (χ4v) is 2.08. The van der Waals surface area contributed by atoms with Crippen molar-refractivity contribution >= 4 is 11.7 Å². The highest BCUT2D eigenvalue weighted by Gasteiger charge is 2.22. The molecule has 4 heteroatoms. The first-order valence-electron chi connectivity index (χ1n) is 5.91. The number of para-hydroxylation sites is 1. The van der Waals surface area contributed by atoms with Gasteiger partial charge >= 0.3 is 5.97 Å². The number of ether oxygens (including phenoxy) is 1. The summed E-state index contributed by atoms with van der Waals surface area (Å²) in [5.41, 5.74) is 1.06. The molecule has 0 saturated carbocycles. The predicted molar refractivity (Wildman–Crippen MR) is 69.2 cm³/mol. The molecular weight excluding hydrogens is 230 g/mol. The van der Waals surface area contributed by atoms with Gasteiger partial charge in [0.2, 0.25) is 0 Å². The van der Waals surface area contributed by atoms with Gasteiger partial charge in [-0.15, -0.1) is 12.3 Å². The number of aromatic carboxylic acids is 1. The molecular formula is C14H15NO3. The fourth-order valence-electron chi connectivity index (χ4n) is 2.08. The van der Waals surface area contributed by atoms with Crippen LogP contribution in [0.2, 0.25) is 0 Å². The van der Waals surface area contributed by atoms with Gasteiger partial charge in [0.25, 0.3) is 0 Å². The van der Waals surface area contributed by atoms with Crippen LogP contribution in [0.3, 0.4) is 0 Å². The largest absolute Gasteiger partial charge is 0.489 e. The van der Waals surface area contributed by atoms with Crippen molar-refractivity contribution in [2.24, 2.45) is 0 Å². The molecule has 1 aromatic carbocycles. The van der Waals surface area contributed by atoms with E-state index in [9.17, 15) is 4.79 Å². The minimum atomic E-state index is -0.961. The van der Waals surface area contributed by atoms with Crippen molar-refractivity contribution < 1.29 is 14.6 Å². The zero-order valence-corrected chi connectivity index (χ0v) is 10.1.